The van der Waals surface area contributed by atoms with E-state index in [1.165, 1.54) is 25.7 Å². The molecule has 3 nitrogen and oxygen atoms in total. The van der Waals surface area contributed by atoms with Crippen LogP contribution in [0.25, 0.3) is 0 Å². The summed E-state index contributed by atoms with van der Waals surface area (Å²) in [4.78, 5) is 12.3. The van der Waals surface area contributed by atoms with Crippen LogP contribution in [-0.4, -0.2) is 18.0 Å². The van der Waals surface area contributed by atoms with Crippen molar-refractivity contribution < 1.29 is 4.79 Å². The van der Waals surface area contributed by atoms with Crippen LogP contribution in [0.15, 0.2) is 0 Å². The Labute approximate surface area is 112 Å². The van der Waals surface area contributed by atoms with E-state index >= 15 is 0 Å². The molecule has 0 radical (unpaired) electrons. The number of rotatable bonds is 4. The molecule has 3 heteroatoms. The minimum atomic E-state index is -0.537. The van der Waals surface area contributed by atoms with Crippen LogP contribution in [-0.2, 0) is 4.79 Å². The van der Waals surface area contributed by atoms with Gasteiger partial charge in [-0.3, -0.25) is 4.79 Å². The molecule has 3 N–H and O–H groups in total. The summed E-state index contributed by atoms with van der Waals surface area (Å²) in [6.45, 7) is 10.8. The van der Waals surface area contributed by atoms with Gasteiger partial charge in [-0.1, -0.05) is 26.2 Å². The third kappa shape index (κ3) is 3.47. The normalized spacial score (nSPS) is 25.9. The summed E-state index contributed by atoms with van der Waals surface area (Å²) < 4.78 is 0. The minimum absolute atomic E-state index is 0.0766. The quantitative estimate of drug-likeness (QED) is 0.810. The molecule has 0 saturated heterocycles. The van der Waals surface area contributed by atoms with E-state index in [-0.39, 0.29) is 5.91 Å². The first kappa shape index (κ1) is 15.5. The van der Waals surface area contributed by atoms with E-state index in [1.54, 1.807) is 0 Å². The lowest BCUT2D eigenvalue weighted by atomic mass is 9.74. The Bertz CT molecular complexity index is 291. The lowest BCUT2D eigenvalue weighted by molar-refractivity contribution is -0.132. The molecule has 1 rings (SSSR count). The summed E-state index contributed by atoms with van der Waals surface area (Å²) >= 11 is 0. The smallest absolute Gasteiger partial charge is 0.227 e. The van der Waals surface area contributed by atoms with Crippen LogP contribution < -0.4 is 11.1 Å². The molecule has 2 atom stereocenters. The highest BCUT2D eigenvalue weighted by Gasteiger charge is 2.40. The molecule has 0 aliphatic heterocycles. The van der Waals surface area contributed by atoms with Gasteiger partial charge in [0.25, 0.3) is 0 Å². The second-order valence-electron chi connectivity index (χ2n) is 7.08. The van der Waals surface area contributed by atoms with Crippen LogP contribution in [0, 0.1) is 17.3 Å². The van der Waals surface area contributed by atoms with E-state index in [0.29, 0.717) is 5.92 Å². The van der Waals surface area contributed by atoms with Gasteiger partial charge in [-0.05, 0) is 46.0 Å². The minimum Gasteiger partial charge on any atom is -0.355 e. The fourth-order valence-corrected chi connectivity index (χ4v) is 2.43. The van der Waals surface area contributed by atoms with Crippen LogP contribution in [0.4, 0.5) is 0 Å². The lowest BCUT2D eigenvalue weighted by Gasteiger charge is -2.38. The van der Waals surface area contributed by atoms with E-state index in [2.05, 4.69) is 12.2 Å². The Morgan fingerprint density at radius 3 is 2.28 bits per heavy atom. The first-order valence-corrected chi connectivity index (χ1v) is 7.23. The van der Waals surface area contributed by atoms with Crippen LogP contribution >= 0.6 is 0 Å². The first-order chi connectivity index (χ1) is 8.16. The number of carbonyl (C=O) groups is 1. The third-order valence-corrected chi connectivity index (χ3v) is 4.99. The van der Waals surface area contributed by atoms with Crippen molar-refractivity contribution in [3.8, 4) is 0 Å². The topological polar surface area (TPSA) is 55.1 Å². The van der Waals surface area contributed by atoms with Gasteiger partial charge < -0.3 is 11.1 Å². The van der Waals surface area contributed by atoms with E-state index in [4.69, 9.17) is 5.73 Å². The maximum Gasteiger partial charge on any atom is 0.227 e. The standard InChI is InChI=1S/C15H30N2O/c1-11-8-6-7-9-12(11)10-17-13(18)14(2,3)15(4,5)16/h11-12H,6-10,16H2,1-5H3,(H,17,18). The van der Waals surface area contributed by atoms with Crippen molar-refractivity contribution >= 4 is 5.91 Å². The maximum absolute atomic E-state index is 12.3. The molecule has 1 aliphatic carbocycles. The van der Waals surface area contributed by atoms with E-state index in [0.717, 1.165) is 12.5 Å². The molecule has 2 unspecified atom stereocenters. The van der Waals surface area contributed by atoms with Gasteiger partial charge in [-0.25, -0.2) is 0 Å². The summed E-state index contributed by atoms with van der Waals surface area (Å²) in [5, 5.41) is 3.11. The van der Waals surface area contributed by atoms with Crippen molar-refractivity contribution in [1.82, 2.24) is 5.32 Å². The molecule has 1 aliphatic rings. The Morgan fingerprint density at radius 1 is 1.22 bits per heavy atom. The van der Waals surface area contributed by atoms with E-state index in [9.17, 15) is 4.79 Å². The molecular weight excluding hydrogens is 224 g/mol. The molecule has 1 amide bonds. The predicted molar refractivity (Wildman–Crippen MR) is 76.2 cm³/mol. The average molecular weight is 254 g/mol. The number of hydrogen-bond donors (Lipinski definition) is 2. The van der Waals surface area contributed by atoms with Gasteiger partial charge in [0.1, 0.15) is 0 Å². The highest BCUT2D eigenvalue weighted by molar-refractivity contribution is 5.83. The highest BCUT2D eigenvalue weighted by atomic mass is 16.2. The molecule has 0 aromatic rings. The van der Waals surface area contributed by atoms with Crippen LogP contribution in [0.3, 0.4) is 0 Å². The molecule has 0 heterocycles. The third-order valence-electron chi connectivity index (χ3n) is 4.99. The second kappa shape index (κ2) is 5.60. The maximum atomic E-state index is 12.3. The fraction of sp³-hybridized carbons (Fsp3) is 0.933. The van der Waals surface area contributed by atoms with Crippen molar-refractivity contribution in [3.05, 3.63) is 0 Å². The highest BCUT2D eigenvalue weighted by Crippen LogP contribution is 2.31. The largest absolute Gasteiger partial charge is 0.355 e. The molecule has 0 bridgehead atoms. The number of hydrogen-bond acceptors (Lipinski definition) is 2. The molecule has 1 saturated carbocycles. The summed E-state index contributed by atoms with van der Waals surface area (Å²) in [6.07, 6.45) is 5.18. The predicted octanol–water partition coefficient (Wildman–Crippen LogP) is 2.69. The van der Waals surface area contributed by atoms with Crippen molar-refractivity contribution in [3.63, 3.8) is 0 Å². The van der Waals surface area contributed by atoms with E-state index in [1.807, 2.05) is 27.7 Å². The zero-order chi connectivity index (χ0) is 14.0. The Morgan fingerprint density at radius 2 is 1.78 bits per heavy atom. The monoisotopic (exact) mass is 254 g/mol. The Kier molecular flexibility index (Phi) is 4.82. The molecule has 1 fully saturated rings. The van der Waals surface area contributed by atoms with Gasteiger partial charge in [-0.15, -0.1) is 0 Å². The summed E-state index contributed by atoms with van der Waals surface area (Å²) in [5.41, 5.74) is 5.05. The van der Waals surface area contributed by atoms with Crippen molar-refractivity contribution in [2.45, 2.75) is 65.8 Å². The first-order valence-electron chi connectivity index (χ1n) is 7.23. The van der Waals surface area contributed by atoms with Gasteiger partial charge in [-0.2, -0.15) is 0 Å². The molecular formula is C15H30N2O. The molecule has 18 heavy (non-hydrogen) atoms. The number of nitrogens with one attached hydrogen (secondary N) is 1. The second-order valence-corrected chi connectivity index (χ2v) is 7.08. The summed E-state index contributed by atoms with van der Waals surface area (Å²) in [7, 11) is 0. The van der Waals surface area contributed by atoms with Crippen molar-refractivity contribution in [2.75, 3.05) is 6.54 Å². The zero-order valence-corrected chi connectivity index (χ0v) is 12.7. The van der Waals surface area contributed by atoms with Gasteiger partial charge in [0, 0.05) is 12.1 Å². The average Bonchev–Trinajstić information content (AvgIpc) is 2.26. The SMILES string of the molecule is CC1CCCCC1CNC(=O)C(C)(C)C(C)(C)N. The Balaban J connectivity index is 2.50. The van der Waals surface area contributed by atoms with Gasteiger partial charge in [0.15, 0.2) is 0 Å². The van der Waals surface area contributed by atoms with Crippen molar-refractivity contribution in [2.24, 2.45) is 23.0 Å². The zero-order valence-electron chi connectivity index (χ0n) is 12.7. The number of amides is 1. The van der Waals surface area contributed by atoms with Crippen LogP contribution in [0.1, 0.15) is 60.3 Å². The molecule has 0 aromatic heterocycles. The van der Waals surface area contributed by atoms with Crippen molar-refractivity contribution in [1.29, 1.82) is 0 Å². The lowest BCUT2D eigenvalue weighted by Crippen LogP contribution is -2.56. The summed E-state index contributed by atoms with van der Waals surface area (Å²) in [5.74, 6) is 1.44. The van der Waals surface area contributed by atoms with E-state index < -0.39 is 11.0 Å². The van der Waals surface area contributed by atoms with Gasteiger partial charge in [0.05, 0.1) is 5.41 Å². The number of nitrogens with two attached hydrogens (primary N) is 1. The van der Waals surface area contributed by atoms with Gasteiger partial charge >= 0.3 is 0 Å². The molecule has 0 spiro atoms. The Hall–Kier alpha value is -0.570. The molecule has 106 valence electrons. The van der Waals surface area contributed by atoms with Crippen LogP contribution in [0.2, 0.25) is 0 Å². The summed E-state index contributed by atoms with van der Waals surface area (Å²) in [6, 6.07) is 0. The fourth-order valence-electron chi connectivity index (χ4n) is 2.43. The number of carbonyl (C=O) groups excluding carboxylic acids is 1. The molecule has 0 aromatic carbocycles. The van der Waals surface area contributed by atoms with Crippen LogP contribution in [0.5, 0.6) is 0 Å². The van der Waals surface area contributed by atoms with Gasteiger partial charge in [0.2, 0.25) is 5.91 Å².